The largest absolute Gasteiger partial charge is 0.411 e. The monoisotopic (exact) mass is 505 g/mol. The molecule has 12 heteroatoms. The number of nitrogens with zero attached hydrogens (tertiary/aromatic N) is 3. The van der Waals surface area contributed by atoms with Gasteiger partial charge < -0.3 is 14.2 Å². The van der Waals surface area contributed by atoms with E-state index >= 15 is 0 Å². The molecule has 1 aromatic carbocycles. The number of halogens is 3. The summed E-state index contributed by atoms with van der Waals surface area (Å²) in [5.74, 6) is 1.07. The summed E-state index contributed by atoms with van der Waals surface area (Å²) in [5.41, 5.74) is -3.45. The molecule has 0 saturated heterocycles. The molecule has 2 N–H and O–H groups in total. The predicted molar refractivity (Wildman–Crippen MR) is 107 cm³/mol. The maximum absolute atomic E-state index is 13.9. The standard InChI is InChI=1S/C17H15BrF2N3O4PS/c18-14-10-11(3-4-13(14)17(19,20)28(24,25)26)2-1-9-29-16-23-22-15(27-16)12-5-7-21-8-6-12/h3-8,10H,1-2,9H2,(H2,24,25,26). The average molecular weight is 506 g/mol. The molecule has 29 heavy (non-hydrogen) atoms. The van der Waals surface area contributed by atoms with Crippen LogP contribution in [0.3, 0.4) is 0 Å². The maximum atomic E-state index is 13.9. The van der Waals surface area contributed by atoms with Gasteiger partial charge >= 0.3 is 13.3 Å². The summed E-state index contributed by atoms with van der Waals surface area (Å²) < 4.78 is 44.3. The molecule has 0 aliphatic carbocycles. The Morgan fingerprint density at radius 1 is 1.17 bits per heavy atom. The molecular formula is C17H15BrF2N3O4PS. The maximum Gasteiger partial charge on any atom is 0.399 e. The second-order valence-electron chi connectivity index (χ2n) is 5.96. The summed E-state index contributed by atoms with van der Waals surface area (Å²) in [6, 6.07) is 7.43. The van der Waals surface area contributed by atoms with Gasteiger partial charge in [0.25, 0.3) is 5.22 Å². The van der Waals surface area contributed by atoms with Crippen LogP contribution in [-0.2, 0) is 16.6 Å². The third-order valence-corrected chi connectivity index (χ3v) is 6.43. The van der Waals surface area contributed by atoms with Gasteiger partial charge in [0.2, 0.25) is 5.89 Å². The van der Waals surface area contributed by atoms with Crippen LogP contribution in [0.15, 0.2) is 56.8 Å². The second kappa shape index (κ2) is 9.01. The van der Waals surface area contributed by atoms with E-state index in [9.17, 15) is 13.3 Å². The van der Waals surface area contributed by atoms with Crippen molar-refractivity contribution in [3.05, 3.63) is 58.3 Å². The van der Waals surface area contributed by atoms with Gasteiger partial charge in [0.1, 0.15) is 0 Å². The highest BCUT2D eigenvalue weighted by Crippen LogP contribution is 2.60. The second-order valence-corrected chi connectivity index (χ2v) is 9.51. The summed E-state index contributed by atoms with van der Waals surface area (Å²) in [4.78, 5) is 21.7. The highest BCUT2D eigenvalue weighted by Gasteiger charge is 2.51. The Bertz CT molecular complexity index is 1030. The zero-order valence-electron chi connectivity index (χ0n) is 14.7. The number of benzene rings is 1. The van der Waals surface area contributed by atoms with Crippen molar-refractivity contribution in [3.8, 4) is 11.5 Å². The molecule has 0 aliphatic rings. The van der Waals surface area contributed by atoms with Crippen molar-refractivity contribution in [1.82, 2.24) is 15.2 Å². The molecule has 7 nitrogen and oxygen atoms in total. The number of hydrogen-bond acceptors (Lipinski definition) is 6. The summed E-state index contributed by atoms with van der Waals surface area (Å²) in [6.07, 6.45) is 4.55. The molecule has 0 saturated carbocycles. The fourth-order valence-electron chi connectivity index (χ4n) is 2.43. The first-order chi connectivity index (χ1) is 13.7. The summed E-state index contributed by atoms with van der Waals surface area (Å²) in [6.45, 7) is 0. The fourth-order valence-corrected chi connectivity index (χ4v) is 4.47. The molecule has 154 valence electrons. The van der Waals surface area contributed by atoms with Gasteiger partial charge in [0.15, 0.2) is 0 Å². The highest BCUT2D eigenvalue weighted by atomic mass is 79.9. The van der Waals surface area contributed by atoms with E-state index in [0.717, 1.165) is 17.2 Å². The Kier molecular flexibility index (Phi) is 6.85. The van der Waals surface area contributed by atoms with Crippen molar-refractivity contribution in [2.75, 3.05) is 5.75 Å². The van der Waals surface area contributed by atoms with Crippen LogP contribution in [0.5, 0.6) is 0 Å². The van der Waals surface area contributed by atoms with Crippen molar-refractivity contribution >= 4 is 35.3 Å². The summed E-state index contributed by atoms with van der Waals surface area (Å²) in [5, 5.41) is 8.38. The van der Waals surface area contributed by atoms with Gasteiger partial charge in [-0.3, -0.25) is 9.55 Å². The first-order valence-corrected chi connectivity index (χ1v) is 11.7. The number of thioether (sulfide) groups is 1. The lowest BCUT2D eigenvalue weighted by atomic mass is 10.1. The molecule has 2 heterocycles. The van der Waals surface area contributed by atoms with E-state index in [1.165, 1.54) is 23.9 Å². The highest BCUT2D eigenvalue weighted by molar-refractivity contribution is 9.10. The normalized spacial score (nSPS) is 12.3. The molecule has 0 radical (unpaired) electrons. The van der Waals surface area contributed by atoms with Crippen LogP contribution < -0.4 is 0 Å². The van der Waals surface area contributed by atoms with E-state index in [2.05, 4.69) is 31.1 Å². The van der Waals surface area contributed by atoms with E-state index in [0.29, 0.717) is 29.7 Å². The van der Waals surface area contributed by atoms with Gasteiger partial charge in [0.05, 0.1) is 0 Å². The molecule has 3 aromatic rings. The van der Waals surface area contributed by atoms with Crippen LogP contribution in [0.2, 0.25) is 0 Å². The number of aryl methyl sites for hydroxylation is 1. The van der Waals surface area contributed by atoms with Crippen LogP contribution in [0.25, 0.3) is 11.5 Å². The SMILES string of the molecule is O=P(O)(O)C(F)(F)c1ccc(CCCSc2nnc(-c3ccncc3)o2)cc1Br. The van der Waals surface area contributed by atoms with Gasteiger partial charge in [-0.25, -0.2) is 0 Å². The van der Waals surface area contributed by atoms with Gasteiger partial charge in [-0.2, -0.15) is 8.78 Å². The molecule has 0 amide bonds. The molecule has 2 aromatic heterocycles. The zero-order valence-corrected chi connectivity index (χ0v) is 18.0. The Hall–Kier alpha value is -1.65. The van der Waals surface area contributed by atoms with Crippen molar-refractivity contribution in [2.45, 2.75) is 23.7 Å². The first-order valence-electron chi connectivity index (χ1n) is 8.27. The number of pyridine rings is 1. The predicted octanol–water partition coefficient (Wildman–Crippen LogP) is 4.85. The minimum Gasteiger partial charge on any atom is -0.411 e. The minimum absolute atomic E-state index is 0.0464. The Labute approximate surface area is 177 Å². The van der Waals surface area contributed by atoms with E-state index < -0.39 is 18.8 Å². The molecule has 3 rings (SSSR count). The van der Waals surface area contributed by atoms with Crippen LogP contribution in [-0.4, -0.2) is 30.7 Å². The third kappa shape index (κ3) is 5.29. The average Bonchev–Trinajstić information content (AvgIpc) is 3.14. The lowest BCUT2D eigenvalue weighted by molar-refractivity contribution is 0.0557. The van der Waals surface area contributed by atoms with Crippen LogP contribution in [0.1, 0.15) is 17.5 Å². The van der Waals surface area contributed by atoms with Crippen LogP contribution in [0.4, 0.5) is 8.78 Å². The minimum atomic E-state index is -5.61. The topological polar surface area (TPSA) is 109 Å². The number of hydrogen-bond donors (Lipinski definition) is 2. The van der Waals surface area contributed by atoms with Crippen LogP contribution >= 0.6 is 35.3 Å². The van der Waals surface area contributed by atoms with Crippen molar-refractivity contribution in [2.24, 2.45) is 0 Å². The lowest BCUT2D eigenvalue weighted by Gasteiger charge is -2.19. The molecule has 0 bridgehead atoms. The van der Waals surface area contributed by atoms with Crippen molar-refractivity contribution in [1.29, 1.82) is 0 Å². The number of rotatable bonds is 8. The van der Waals surface area contributed by atoms with E-state index in [1.807, 2.05) is 0 Å². The number of alkyl halides is 2. The fraction of sp³-hybridized carbons (Fsp3) is 0.235. The van der Waals surface area contributed by atoms with E-state index in [4.69, 9.17) is 14.2 Å². The van der Waals surface area contributed by atoms with Gasteiger partial charge in [-0.05, 0) is 36.6 Å². The van der Waals surface area contributed by atoms with Crippen LogP contribution in [0, 0.1) is 0 Å². The van der Waals surface area contributed by atoms with E-state index in [-0.39, 0.29) is 4.47 Å². The third-order valence-electron chi connectivity index (χ3n) is 3.89. The summed E-state index contributed by atoms with van der Waals surface area (Å²) in [7, 11) is -5.61. The van der Waals surface area contributed by atoms with Gasteiger partial charge in [-0.1, -0.05) is 39.8 Å². The Balaban J connectivity index is 1.54. The number of aromatic nitrogens is 3. The van der Waals surface area contributed by atoms with Crippen molar-refractivity contribution in [3.63, 3.8) is 0 Å². The smallest absolute Gasteiger partial charge is 0.399 e. The zero-order chi connectivity index (χ0) is 21.1. The molecular weight excluding hydrogens is 491 g/mol. The Morgan fingerprint density at radius 3 is 2.55 bits per heavy atom. The molecule has 0 unspecified atom stereocenters. The molecule has 0 atom stereocenters. The van der Waals surface area contributed by atoms with Gasteiger partial charge in [0, 0.05) is 33.7 Å². The van der Waals surface area contributed by atoms with Gasteiger partial charge in [-0.15, -0.1) is 10.2 Å². The first kappa shape index (κ1) is 22.0. The summed E-state index contributed by atoms with van der Waals surface area (Å²) >= 11 is 4.36. The molecule has 0 fully saturated rings. The van der Waals surface area contributed by atoms with Crippen molar-refractivity contribution < 1.29 is 27.5 Å². The quantitative estimate of drug-likeness (QED) is 0.254. The molecule has 0 aliphatic heterocycles. The lowest BCUT2D eigenvalue weighted by Crippen LogP contribution is -2.14. The Morgan fingerprint density at radius 2 is 1.90 bits per heavy atom. The van der Waals surface area contributed by atoms with E-state index in [1.54, 1.807) is 24.5 Å². The molecule has 0 spiro atoms.